The van der Waals surface area contributed by atoms with Crippen molar-refractivity contribution in [2.45, 2.75) is 13.1 Å². The molecule has 8 heteroatoms. The second kappa shape index (κ2) is 10.0. The van der Waals surface area contributed by atoms with Gasteiger partial charge in [-0.05, 0) is 23.3 Å². The van der Waals surface area contributed by atoms with E-state index in [-0.39, 0.29) is 5.91 Å². The number of hydrazine groups is 1. The highest BCUT2D eigenvalue weighted by Gasteiger charge is 2.17. The Morgan fingerprint density at radius 2 is 1.44 bits per heavy atom. The van der Waals surface area contributed by atoms with Gasteiger partial charge in [-0.15, -0.1) is 0 Å². The monoisotopic (exact) mass is 425 g/mol. The number of carbonyl (C=O) groups is 1. The van der Waals surface area contributed by atoms with E-state index in [2.05, 4.69) is 55.0 Å². The predicted octanol–water partition coefficient (Wildman–Crippen LogP) is 3.42. The van der Waals surface area contributed by atoms with E-state index in [1.165, 1.54) is 6.33 Å². The van der Waals surface area contributed by atoms with Gasteiger partial charge >= 0.3 is 0 Å². The van der Waals surface area contributed by atoms with Crippen molar-refractivity contribution in [1.29, 1.82) is 0 Å². The van der Waals surface area contributed by atoms with E-state index in [1.807, 2.05) is 36.4 Å². The number of hydrogen-bond acceptors (Lipinski definition) is 7. The predicted molar refractivity (Wildman–Crippen MR) is 125 cm³/mol. The average Bonchev–Trinajstić information content (AvgIpc) is 2.85. The summed E-state index contributed by atoms with van der Waals surface area (Å²) in [7, 11) is 0. The van der Waals surface area contributed by atoms with Crippen LogP contribution in [0.1, 0.15) is 21.5 Å². The summed E-state index contributed by atoms with van der Waals surface area (Å²) in [6.45, 7) is 1.22. The first-order chi connectivity index (χ1) is 15.7. The van der Waals surface area contributed by atoms with E-state index in [1.54, 1.807) is 24.5 Å². The van der Waals surface area contributed by atoms with Crippen molar-refractivity contribution in [2.75, 3.05) is 16.1 Å². The minimum absolute atomic E-state index is 0.322. The zero-order valence-electron chi connectivity index (χ0n) is 17.3. The van der Waals surface area contributed by atoms with Gasteiger partial charge in [0, 0.05) is 31.0 Å². The zero-order valence-corrected chi connectivity index (χ0v) is 17.3. The summed E-state index contributed by atoms with van der Waals surface area (Å²) in [4.78, 5) is 27.0. The number of rotatable bonds is 8. The number of nitrogen functional groups attached to an aromatic ring is 1. The van der Waals surface area contributed by atoms with Gasteiger partial charge in [0.1, 0.15) is 12.0 Å². The molecule has 160 valence electrons. The molecule has 4 aromatic rings. The minimum atomic E-state index is -0.322. The largest absolute Gasteiger partial charge is 0.393 e. The van der Waals surface area contributed by atoms with Crippen molar-refractivity contribution in [3.63, 3.8) is 0 Å². The quantitative estimate of drug-likeness (QED) is 0.371. The Morgan fingerprint density at radius 1 is 0.844 bits per heavy atom. The summed E-state index contributed by atoms with van der Waals surface area (Å²) >= 11 is 0. The number of hydrogen-bond donors (Lipinski definition) is 3. The third kappa shape index (κ3) is 5.17. The molecular formula is C24H23N7O. The van der Waals surface area contributed by atoms with Crippen LogP contribution in [-0.4, -0.2) is 20.9 Å². The summed E-state index contributed by atoms with van der Waals surface area (Å²) < 4.78 is 0. The maximum atomic E-state index is 12.3. The summed E-state index contributed by atoms with van der Waals surface area (Å²) in [5.41, 5.74) is 14.9. The number of carbonyl (C=O) groups excluding carboxylic acids is 1. The van der Waals surface area contributed by atoms with E-state index in [0.29, 0.717) is 36.0 Å². The molecule has 0 unspecified atom stereocenters. The Hall–Kier alpha value is -4.46. The Bertz CT molecular complexity index is 1110. The van der Waals surface area contributed by atoms with Crippen LogP contribution in [0.25, 0.3) is 0 Å². The molecule has 0 bridgehead atoms. The first kappa shape index (κ1) is 20.8. The molecule has 0 fully saturated rings. The number of benzene rings is 2. The van der Waals surface area contributed by atoms with Crippen LogP contribution in [0.5, 0.6) is 0 Å². The molecule has 0 spiro atoms. The zero-order chi connectivity index (χ0) is 22.2. The molecule has 2 aromatic heterocycles. The van der Waals surface area contributed by atoms with Crippen LogP contribution in [0.15, 0.2) is 91.5 Å². The Morgan fingerprint density at radius 3 is 2.03 bits per heavy atom. The number of aromatic nitrogens is 3. The third-order valence-corrected chi connectivity index (χ3v) is 4.83. The van der Waals surface area contributed by atoms with Crippen LogP contribution in [0, 0.1) is 0 Å². The number of nitrogens with two attached hydrogens (primary N) is 1. The van der Waals surface area contributed by atoms with Gasteiger partial charge in [0.05, 0.1) is 0 Å². The van der Waals surface area contributed by atoms with Crippen LogP contribution < -0.4 is 21.5 Å². The van der Waals surface area contributed by atoms with Gasteiger partial charge in [-0.1, -0.05) is 60.7 Å². The molecule has 0 radical (unpaired) electrons. The first-order valence-corrected chi connectivity index (χ1v) is 10.1. The van der Waals surface area contributed by atoms with Crippen molar-refractivity contribution >= 4 is 23.2 Å². The second-order valence-corrected chi connectivity index (χ2v) is 7.10. The number of amides is 1. The maximum Gasteiger partial charge on any atom is 0.269 e. The fourth-order valence-electron chi connectivity index (χ4n) is 3.24. The highest BCUT2D eigenvalue weighted by molar-refractivity contribution is 5.95. The average molecular weight is 425 g/mol. The Labute approximate surface area is 186 Å². The smallest absolute Gasteiger partial charge is 0.269 e. The summed E-state index contributed by atoms with van der Waals surface area (Å²) in [6, 6.07) is 23.4. The standard InChI is InChI=1S/C24H23N7O/c25-21-22(29-30-24(32)20-11-13-26-14-12-20)27-17-28-23(21)31(15-18-7-3-1-4-8-18)16-19-9-5-2-6-10-19/h1-14,17H,15-16,25H2,(H,30,32)(H,27,28,29). The van der Waals surface area contributed by atoms with Gasteiger partial charge in [-0.2, -0.15) is 0 Å². The molecule has 4 rings (SSSR count). The number of nitrogens with zero attached hydrogens (tertiary/aromatic N) is 4. The fourth-order valence-corrected chi connectivity index (χ4v) is 3.24. The van der Waals surface area contributed by atoms with E-state index in [9.17, 15) is 4.79 Å². The van der Waals surface area contributed by atoms with Crippen molar-refractivity contribution in [3.05, 3.63) is 108 Å². The molecular weight excluding hydrogens is 402 g/mol. The molecule has 0 aliphatic carbocycles. The van der Waals surface area contributed by atoms with Crippen molar-refractivity contribution in [1.82, 2.24) is 20.4 Å². The molecule has 0 saturated carbocycles. The Kier molecular flexibility index (Phi) is 6.52. The Balaban J connectivity index is 1.57. The second-order valence-electron chi connectivity index (χ2n) is 7.10. The van der Waals surface area contributed by atoms with E-state index in [4.69, 9.17) is 5.73 Å². The highest BCUT2D eigenvalue weighted by Crippen LogP contribution is 2.28. The number of anilines is 3. The van der Waals surface area contributed by atoms with Crippen molar-refractivity contribution in [3.8, 4) is 0 Å². The molecule has 1 amide bonds. The minimum Gasteiger partial charge on any atom is -0.393 e. The summed E-state index contributed by atoms with van der Waals surface area (Å²) in [5.74, 6) is 0.578. The lowest BCUT2D eigenvalue weighted by Gasteiger charge is -2.26. The molecule has 4 N–H and O–H groups in total. The van der Waals surface area contributed by atoms with Gasteiger partial charge < -0.3 is 10.6 Å². The third-order valence-electron chi connectivity index (χ3n) is 4.83. The topological polar surface area (TPSA) is 109 Å². The lowest BCUT2D eigenvalue weighted by Crippen LogP contribution is -2.31. The highest BCUT2D eigenvalue weighted by atomic mass is 16.2. The SMILES string of the molecule is Nc1c(NNC(=O)c2ccncc2)ncnc1N(Cc1ccccc1)Cc1ccccc1. The van der Waals surface area contributed by atoms with Crippen LogP contribution in [0.3, 0.4) is 0 Å². The van der Waals surface area contributed by atoms with Crippen LogP contribution >= 0.6 is 0 Å². The van der Waals surface area contributed by atoms with Crippen LogP contribution in [-0.2, 0) is 13.1 Å². The van der Waals surface area contributed by atoms with E-state index in [0.717, 1.165) is 11.1 Å². The van der Waals surface area contributed by atoms with Crippen molar-refractivity contribution < 1.29 is 4.79 Å². The fraction of sp³-hybridized carbons (Fsp3) is 0.0833. The molecule has 0 atom stereocenters. The van der Waals surface area contributed by atoms with E-state index >= 15 is 0 Å². The maximum absolute atomic E-state index is 12.3. The molecule has 0 aliphatic heterocycles. The molecule has 32 heavy (non-hydrogen) atoms. The number of nitrogens with one attached hydrogen (secondary N) is 2. The lowest BCUT2D eigenvalue weighted by atomic mass is 10.1. The number of pyridine rings is 1. The molecule has 8 nitrogen and oxygen atoms in total. The summed E-state index contributed by atoms with van der Waals surface area (Å²) in [5, 5.41) is 0. The van der Waals surface area contributed by atoms with Gasteiger partial charge in [-0.3, -0.25) is 20.6 Å². The van der Waals surface area contributed by atoms with Gasteiger partial charge in [0.15, 0.2) is 11.6 Å². The van der Waals surface area contributed by atoms with Gasteiger partial charge in [0.2, 0.25) is 0 Å². The normalized spacial score (nSPS) is 10.4. The van der Waals surface area contributed by atoms with Gasteiger partial charge in [-0.25, -0.2) is 9.97 Å². The first-order valence-electron chi connectivity index (χ1n) is 10.1. The van der Waals surface area contributed by atoms with Gasteiger partial charge in [0.25, 0.3) is 5.91 Å². The van der Waals surface area contributed by atoms with Crippen LogP contribution in [0.2, 0.25) is 0 Å². The summed E-state index contributed by atoms with van der Waals surface area (Å²) in [6.07, 6.45) is 4.53. The van der Waals surface area contributed by atoms with E-state index < -0.39 is 0 Å². The molecule has 2 heterocycles. The van der Waals surface area contributed by atoms with Crippen molar-refractivity contribution in [2.24, 2.45) is 0 Å². The molecule has 0 aliphatic rings. The molecule has 2 aromatic carbocycles. The lowest BCUT2D eigenvalue weighted by molar-refractivity contribution is 0.0962. The van der Waals surface area contributed by atoms with Crippen LogP contribution in [0.4, 0.5) is 17.3 Å². The molecule has 0 saturated heterocycles.